The van der Waals surface area contributed by atoms with Crippen LogP contribution in [0.25, 0.3) is 0 Å². The van der Waals surface area contributed by atoms with Gasteiger partial charge in [-0.15, -0.1) is 6.42 Å². The molecule has 0 N–H and O–H groups in total. The van der Waals surface area contributed by atoms with Crippen LogP contribution in [-0.4, -0.2) is 13.2 Å². The summed E-state index contributed by atoms with van der Waals surface area (Å²) in [7, 11) is 0. The Kier molecular flexibility index (Phi) is 4.72. The zero-order chi connectivity index (χ0) is 12.0. The van der Waals surface area contributed by atoms with Crippen molar-refractivity contribution < 1.29 is 9.47 Å². The van der Waals surface area contributed by atoms with Gasteiger partial charge >= 0.3 is 0 Å². The SMILES string of the molecule is C#Cc1ccc(OCC(C)C)c(OCC)c1. The van der Waals surface area contributed by atoms with Gasteiger partial charge in [0.15, 0.2) is 11.5 Å². The summed E-state index contributed by atoms with van der Waals surface area (Å²) in [5.41, 5.74) is 0.806. The molecule has 0 saturated heterocycles. The summed E-state index contributed by atoms with van der Waals surface area (Å²) in [6, 6.07) is 5.56. The lowest BCUT2D eigenvalue weighted by atomic mass is 10.2. The lowest BCUT2D eigenvalue weighted by Gasteiger charge is -2.13. The first-order chi connectivity index (χ1) is 7.67. The second-order valence-electron chi connectivity index (χ2n) is 3.94. The maximum atomic E-state index is 5.66. The van der Waals surface area contributed by atoms with E-state index in [0.29, 0.717) is 19.1 Å². The van der Waals surface area contributed by atoms with Gasteiger partial charge in [0, 0.05) is 5.56 Å². The molecule has 16 heavy (non-hydrogen) atoms. The average Bonchev–Trinajstić information content (AvgIpc) is 2.27. The minimum Gasteiger partial charge on any atom is -0.490 e. The summed E-state index contributed by atoms with van der Waals surface area (Å²) < 4.78 is 11.1. The number of hydrogen-bond acceptors (Lipinski definition) is 2. The molecule has 0 unspecified atom stereocenters. The van der Waals surface area contributed by atoms with Crippen LogP contribution >= 0.6 is 0 Å². The molecule has 0 aliphatic heterocycles. The molecule has 0 aromatic heterocycles. The smallest absolute Gasteiger partial charge is 0.162 e. The standard InChI is InChI=1S/C14H18O2/c1-5-12-7-8-13(16-10-11(3)4)14(9-12)15-6-2/h1,7-9,11H,6,10H2,2-4H3. The van der Waals surface area contributed by atoms with Crippen molar-refractivity contribution in [3.63, 3.8) is 0 Å². The fraction of sp³-hybridized carbons (Fsp3) is 0.429. The fourth-order valence-electron chi connectivity index (χ4n) is 1.24. The highest BCUT2D eigenvalue weighted by Gasteiger charge is 2.06. The van der Waals surface area contributed by atoms with Crippen molar-refractivity contribution >= 4 is 0 Å². The van der Waals surface area contributed by atoms with Gasteiger partial charge in [0.05, 0.1) is 13.2 Å². The maximum absolute atomic E-state index is 5.66. The zero-order valence-electron chi connectivity index (χ0n) is 10.1. The summed E-state index contributed by atoms with van der Waals surface area (Å²) in [5.74, 6) is 4.55. The van der Waals surface area contributed by atoms with Crippen LogP contribution in [0.5, 0.6) is 11.5 Å². The van der Waals surface area contributed by atoms with Gasteiger partial charge in [-0.3, -0.25) is 0 Å². The molecular formula is C14H18O2. The molecule has 0 saturated carbocycles. The minimum atomic E-state index is 0.488. The van der Waals surface area contributed by atoms with Crippen molar-refractivity contribution in [2.24, 2.45) is 5.92 Å². The molecular weight excluding hydrogens is 200 g/mol. The predicted octanol–water partition coefficient (Wildman–Crippen LogP) is 3.10. The van der Waals surface area contributed by atoms with Crippen LogP contribution in [-0.2, 0) is 0 Å². The van der Waals surface area contributed by atoms with Gasteiger partial charge in [0.1, 0.15) is 0 Å². The summed E-state index contributed by atoms with van der Waals surface area (Å²) in [6.45, 7) is 7.43. The Morgan fingerprint density at radius 2 is 2.00 bits per heavy atom. The minimum absolute atomic E-state index is 0.488. The zero-order valence-corrected chi connectivity index (χ0v) is 10.1. The van der Waals surface area contributed by atoms with Gasteiger partial charge in [0.25, 0.3) is 0 Å². The summed E-state index contributed by atoms with van der Waals surface area (Å²) >= 11 is 0. The molecule has 0 amide bonds. The van der Waals surface area contributed by atoms with Gasteiger partial charge in [0.2, 0.25) is 0 Å². The first-order valence-electron chi connectivity index (χ1n) is 5.53. The molecule has 0 bridgehead atoms. The molecule has 1 aromatic carbocycles. The summed E-state index contributed by atoms with van der Waals surface area (Å²) in [4.78, 5) is 0. The van der Waals surface area contributed by atoms with Crippen LogP contribution in [0, 0.1) is 18.3 Å². The normalized spacial score (nSPS) is 9.94. The Morgan fingerprint density at radius 1 is 1.25 bits per heavy atom. The molecule has 0 aliphatic carbocycles. The van der Waals surface area contributed by atoms with Gasteiger partial charge < -0.3 is 9.47 Å². The van der Waals surface area contributed by atoms with Crippen LogP contribution < -0.4 is 9.47 Å². The lowest BCUT2D eigenvalue weighted by molar-refractivity contribution is 0.248. The van der Waals surface area contributed by atoms with Crippen LogP contribution in [0.15, 0.2) is 18.2 Å². The van der Waals surface area contributed by atoms with E-state index >= 15 is 0 Å². The van der Waals surface area contributed by atoms with Crippen LogP contribution in [0.2, 0.25) is 0 Å². The van der Waals surface area contributed by atoms with Crippen molar-refractivity contribution in [1.82, 2.24) is 0 Å². The third-order valence-electron chi connectivity index (χ3n) is 1.98. The Morgan fingerprint density at radius 3 is 2.56 bits per heavy atom. The molecule has 0 spiro atoms. The second kappa shape index (κ2) is 6.07. The molecule has 2 nitrogen and oxygen atoms in total. The van der Waals surface area contributed by atoms with E-state index in [1.807, 2.05) is 25.1 Å². The van der Waals surface area contributed by atoms with Crippen LogP contribution in [0.3, 0.4) is 0 Å². The number of rotatable bonds is 5. The molecule has 0 heterocycles. The monoisotopic (exact) mass is 218 g/mol. The molecule has 2 heteroatoms. The highest BCUT2D eigenvalue weighted by molar-refractivity contribution is 5.47. The number of ether oxygens (including phenoxy) is 2. The molecule has 86 valence electrons. The molecule has 1 aromatic rings. The third kappa shape index (κ3) is 3.51. The largest absolute Gasteiger partial charge is 0.490 e. The van der Waals surface area contributed by atoms with Crippen molar-refractivity contribution in [1.29, 1.82) is 0 Å². The quantitative estimate of drug-likeness (QED) is 0.707. The first-order valence-corrected chi connectivity index (χ1v) is 5.53. The van der Waals surface area contributed by atoms with Gasteiger partial charge in [-0.25, -0.2) is 0 Å². The van der Waals surface area contributed by atoms with Crippen molar-refractivity contribution in [2.45, 2.75) is 20.8 Å². The molecule has 0 atom stereocenters. The third-order valence-corrected chi connectivity index (χ3v) is 1.98. The topological polar surface area (TPSA) is 18.5 Å². The van der Waals surface area contributed by atoms with Crippen molar-refractivity contribution in [2.75, 3.05) is 13.2 Å². The molecule has 1 rings (SSSR count). The predicted molar refractivity (Wildman–Crippen MR) is 65.9 cm³/mol. The van der Waals surface area contributed by atoms with E-state index < -0.39 is 0 Å². The average molecular weight is 218 g/mol. The van der Waals surface area contributed by atoms with E-state index in [0.717, 1.165) is 17.1 Å². The maximum Gasteiger partial charge on any atom is 0.162 e. The fourth-order valence-corrected chi connectivity index (χ4v) is 1.24. The van der Waals surface area contributed by atoms with Gasteiger partial charge in [-0.1, -0.05) is 19.8 Å². The number of terminal acetylenes is 1. The van der Waals surface area contributed by atoms with Crippen molar-refractivity contribution in [3.8, 4) is 23.8 Å². The Balaban J connectivity index is 2.85. The van der Waals surface area contributed by atoms with E-state index in [2.05, 4.69) is 19.8 Å². The van der Waals surface area contributed by atoms with E-state index in [9.17, 15) is 0 Å². The Hall–Kier alpha value is -1.62. The van der Waals surface area contributed by atoms with Crippen molar-refractivity contribution in [3.05, 3.63) is 23.8 Å². The second-order valence-corrected chi connectivity index (χ2v) is 3.94. The number of hydrogen-bond donors (Lipinski definition) is 0. The van der Waals surface area contributed by atoms with E-state index in [-0.39, 0.29) is 0 Å². The Labute approximate surface area is 97.6 Å². The van der Waals surface area contributed by atoms with E-state index in [1.54, 1.807) is 0 Å². The number of benzene rings is 1. The lowest BCUT2D eigenvalue weighted by Crippen LogP contribution is -2.06. The van der Waals surface area contributed by atoms with Crippen LogP contribution in [0.4, 0.5) is 0 Å². The highest BCUT2D eigenvalue weighted by Crippen LogP contribution is 2.28. The molecule has 0 radical (unpaired) electrons. The summed E-state index contributed by atoms with van der Waals surface area (Å²) in [6.07, 6.45) is 5.34. The van der Waals surface area contributed by atoms with Gasteiger partial charge in [-0.05, 0) is 31.0 Å². The van der Waals surface area contributed by atoms with Gasteiger partial charge in [-0.2, -0.15) is 0 Å². The molecule has 0 aliphatic rings. The first kappa shape index (κ1) is 12.4. The molecule has 0 fully saturated rings. The summed E-state index contributed by atoms with van der Waals surface area (Å²) in [5, 5.41) is 0. The van der Waals surface area contributed by atoms with Crippen LogP contribution in [0.1, 0.15) is 26.3 Å². The Bertz CT molecular complexity index is 375. The van der Waals surface area contributed by atoms with E-state index in [4.69, 9.17) is 15.9 Å². The highest BCUT2D eigenvalue weighted by atomic mass is 16.5. The van der Waals surface area contributed by atoms with E-state index in [1.165, 1.54) is 0 Å².